The van der Waals surface area contributed by atoms with Crippen molar-refractivity contribution < 1.29 is 24.0 Å². The highest BCUT2D eigenvalue weighted by molar-refractivity contribution is 5.88. The van der Waals surface area contributed by atoms with Gasteiger partial charge in [-0.2, -0.15) is 0 Å². The molecule has 30 heavy (non-hydrogen) atoms. The molecule has 0 saturated heterocycles. The molecule has 0 atom stereocenters. The van der Waals surface area contributed by atoms with Crippen LogP contribution in [0.4, 0.5) is 0 Å². The Balaban J connectivity index is 0. The Hall–Kier alpha value is -2.69. The van der Waals surface area contributed by atoms with Crippen LogP contribution in [0.1, 0.15) is 20.8 Å². The van der Waals surface area contributed by atoms with Crippen LogP contribution in [0, 0.1) is 0 Å². The fourth-order valence-electron chi connectivity index (χ4n) is 1.80. The van der Waals surface area contributed by atoms with E-state index in [0.717, 1.165) is 0 Å². The maximum absolute atomic E-state index is 12.1. The Bertz CT molecular complexity index is 584. The van der Waals surface area contributed by atoms with Gasteiger partial charge < -0.3 is 25.3 Å². The molecule has 0 aromatic heterocycles. The number of likely N-dealkylation sites (N-methyl/N-ethyl adjacent to an activating group) is 5. The van der Waals surface area contributed by atoms with Crippen molar-refractivity contribution in [3.05, 3.63) is 0 Å². The molecule has 0 heterocycles. The predicted octanol–water partition coefficient (Wildman–Crippen LogP) is -1.72. The molecule has 5 amide bonds. The summed E-state index contributed by atoms with van der Waals surface area (Å²) >= 11 is 0. The quantitative estimate of drug-likeness (QED) is 0.389. The summed E-state index contributed by atoms with van der Waals surface area (Å²) in [5, 5.41) is 0. The van der Waals surface area contributed by atoms with Crippen molar-refractivity contribution in [2.75, 3.05) is 68.0 Å². The SMILES string of the molecule is CCN(C)C(=O)CN(C)C(=O)CN(C)C(=O)CN(C)C(C)C.CN(C=O)CC(N)=O. The van der Waals surface area contributed by atoms with Gasteiger partial charge in [-0.25, -0.2) is 0 Å². The van der Waals surface area contributed by atoms with E-state index in [1.807, 2.05) is 32.7 Å². The predicted molar refractivity (Wildman–Crippen MR) is 114 cm³/mol. The van der Waals surface area contributed by atoms with E-state index in [4.69, 9.17) is 5.73 Å². The minimum atomic E-state index is -0.500. The van der Waals surface area contributed by atoms with Gasteiger partial charge in [0.25, 0.3) is 0 Å². The van der Waals surface area contributed by atoms with Gasteiger partial charge in [-0.05, 0) is 27.8 Å². The average Bonchev–Trinajstić information content (AvgIpc) is 2.66. The van der Waals surface area contributed by atoms with Gasteiger partial charge >= 0.3 is 0 Å². The van der Waals surface area contributed by atoms with Crippen LogP contribution in [0.2, 0.25) is 0 Å². The first kappa shape index (κ1) is 29.5. The maximum atomic E-state index is 12.1. The zero-order valence-corrected chi connectivity index (χ0v) is 19.5. The highest BCUT2D eigenvalue weighted by Crippen LogP contribution is 1.97. The second kappa shape index (κ2) is 15.2. The van der Waals surface area contributed by atoms with Crippen molar-refractivity contribution in [1.29, 1.82) is 0 Å². The lowest BCUT2D eigenvalue weighted by Crippen LogP contribution is -2.46. The van der Waals surface area contributed by atoms with E-state index in [1.165, 1.54) is 21.7 Å². The molecular formula is C19H38N6O5. The number of hydrogen-bond acceptors (Lipinski definition) is 6. The molecule has 0 fully saturated rings. The largest absolute Gasteiger partial charge is 0.368 e. The zero-order valence-electron chi connectivity index (χ0n) is 19.5. The summed E-state index contributed by atoms with van der Waals surface area (Å²) in [4.78, 5) is 63.0. The average molecular weight is 431 g/mol. The van der Waals surface area contributed by atoms with Crippen molar-refractivity contribution in [1.82, 2.24) is 24.5 Å². The molecule has 0 saturated carbocycles. The van der Waals surface area contributed by atoms with Crippen molar-refractivity contribution in [2.45, 2.75) is 26.8 Å². The maximum Gasteiger partial charge on any atom is 0.242 e. The standard InChI is InChI=1S/C15H30N4O3.C4H8N2O2/c1-8-16(4)13(20)10-18(6)15(22)11-19(7)14(21)9-17(5)12(2)3;1-6(3-7)2-4(5)8/h12H,8-11H2,1-7H3;3H,2H2,1H3,(H2,5,8). The summed E-state index contributed by atoms with van der Waals surface area (Å²) in [6.07, 6.45) is 0.546. The van der Waals surface area contributed by atoms with Crippen LogP contribution in [-0.2, 0) is 24.0 Å². The second-order valence-electron chi connectivity index (χ2n) is 7.40. The summed E-state index contributed by atoms with van der Waals surface area (Å²) in [5.41, 5.74) is 4.73. The first-order valence-electron chi connectivity index (χ1n) is 9.62. The van der Waals surface area contributed by atoms with E-state index in [9.17, 15) is 24.0 Å². The summed E-state index contributed by atoms with van der Waals surface area (Å²) < 4.78 is 0. The fourth-order valence-corrected chi connectivity index (χ4v) is 1.80. The van der Waals surface area contributed by atoms with Crippen LogP contribution in [0.3, 0.4) is 0 Å². The third kappa shape index (κ3) is 13.5. The Morgan fingerprint density at radius 1 is 0.767 bits per heavy atom. The third-order valence-electron chi connectivity index (χ3n) is 4.35. The van der Waals surface area contributed by atoms with Crippen LogP contribution >= 0.6 is 0 Å². The molecular weight excluding hydrogens is 392 g/mol. The fraction of sp³-hybridized carbons (Fsp3) is 0.737. The minimum absolute atomic E-state index is 0.0104. The number of nitrogens with two attached hydrogens (primary N) is 1. The van der Waals surface area contributed by atoms with Crippen LogP contribution in [0.25, 0.3) is 0 Å². The molecule has 0 rings (SSSR count). The molecule has 174 valence electrons. The Kier molecular flexibility index (Phi) is 14.9. The van der Waals surface area contributed by atoms with Crippen molar-refractivity contribution >= 4 is 30.0 Å². The topological polar surface area (TPSA) is 128 Å². The monoisotopic (exact) mass is 430 g/mol. The van der Waals surface area contributed by atoms with E-state index in [-0.39, 0.29) is 49.9 Å². The van der Waals surface area contributed by atoms with Gasteiger partial charge in [-0.1, -0.05) is 0 Å². The van der Waals surface area contributed by atoms with E-state index in [0.29, 0.717) is 13.0 Å². The summed E-state index contributed by atoms with van der Waals surface area (Å²) in [7, 11) is 8.21. The van der Waals surface area contributed by atoms with Crippen molar-refractivity contribution in [3.63, 3.8) is 0 Å². The van der Waals surface area contributed by atoms with E-state index in [2.05, 4.69) is 0 Å². The molecule has 0 aromatic rings. The molecule has 0 bridgehead atoms. The van der Waals surface area contributed by atoms with Gasteiger partial charge in [-0.15, -0.1) is 0 Å². The highest BCUT2D eigenvalue weighted by atomic mass is 16.2. The molecule has 0 aliphatic heterocycles. The second-order valence-corrected chi connectivity index (χ2v) is 7.40. The first-order chi connectivity index (χ1) is 13.8. The molecule has 0 unspecified atom stereocenters. The third-order valence-corrected chi connectivity index (χ3v) is 4.35. The van der Waals surface area contributed by atoms with Crippen LogP contribution in [0.5, 0.6) is 0 Å². The number of rotatable bonds is 11. The van der Waals surface area contributed by atoms with Gasteiger partial charge in [0.1, 0.15) is 0 Å². The lowest BCUT2D eigenvalue weighted by atomic mass is 10.3. The van der Waals surface area contributed by atoms with Crippen molar-refractivity contribution in [2.24, 2.45) is 5.73 Å². The Morgan fingerprint density at radius 3 is 1.47 bits per heavy atom. The number of carbonyl (C=O) groups excluding carboxylic acids is 5. The Labute approximate surface area is 179 Å². The Morgan fingerprint density at radius 2 is 1.17 bits per heavy atom. The summed E-state index contributed by atoms with van der Waals surface area (Å²) in [6.45, 7) is 6.73. The van der Waals surface area contributed by atoms with Crippen molar-refractivity contribution in [3.8, 4) is 0 Å². The molecule has 0 aliphatic rings. The number of carbonyl (C=O) groups is 5. The molecule has 0 aliphatic carbocycles. The molecule has 11 heteroatoms. The smallest absolute Gasteiger partial charge is 0.242 e. The lowest BCUT2D eigenvalue weighted by Gasteiger charge is -2.26. The number of amides is 5. The summed E-state index contributed by atoms with van der Waals surface area (Å²) in [5.74, 6) is -0.984. The van der Waals surface area contributed by atoms with E-state index < -0.39 is 5.91 Å². The molecule has 2 N–H and O–H groups in total. The lowest BCUT2D eigenvalue weighted by molar-refractivity contribution is -0.142. The molecule has 0 spiro atoms. The van der Waals surface area contributed by atoms with Crippen LogP contribution < -0.4 is 5.73 Å². The number of hydrogen-bond donors (Lipinski definition) is 1. The molecule has 0 aromatic carbocycles. The summed E-state index contributed by atoms with van der Waals surface area (Å²) in [6, 6.07) is 0.262. The normalized spacial score (nSPS) is 10.1. The van der Waals surface area contributed by atoms with Gasteiger partial charge in [0.2, 0.25) is 30.0 Å². The van der Waals surface area contributed by atoms with Gasteiger partial charge in [0.15, 0.2) is 0 Å². The van der Waals surface area contributed by atoms with Crippen LogP contribution in [-0.4, -0.2) is 129 Å². The molecule has 11 nitrogen and oxygen atoms in total. The van der Waals surface area contributed by atoms with Gasteiger partial charge in [0.05, 0.1) is 26.2 Å². The number of nitrogens with zero attached hydrogens (tertiary/aromatic N) is 5. The van der Waals surface area contributed by atoms with Gasteiger partial charge in [-0.3, -0.25) is 28.9 Å². The minimum Gasteiger partial charge on any atom is -0.368 e. The van der Waals surface area contributed by atoms with E-state index >= 15 is 0 Å². The first-order valence-corrected chi connectivity index (χ1v) is 9.62. The number of primary amides is 1. The van der Waals surface area contributed by atoms with E-state index in [1.54, 1.807) is 26.0 Å². The highest BCUT2D eigenvalue weighted by Gasteiger charge is 2.20. The van der Waals surface area contributed by atoms with Gasteiger partial charge in [0, 0.05) is 40.8 Å². The van der Waals surface area contributed by atoms with Crippen LogP contribution in [0.15, 0.2) is 0 Å². The zero-order chi connectivity index (χ0) is 24.0. The molecule has 0 radical (unpaired) electrons.